The van der Waals surface area contributed by atoms with Gasteiger partial charge in [0.05, 0.1) is 6.04 Å². The predicted molar refractivity (Wildman–Crippen MR) is 106 cm³/mol. The van der Waals surface area contributed by atoms with Gasteiger partial charge in [-0.05, 0) is 24.0 Å². The van der Waals surface area contributed by atoms with E-state index < -0.39 is 16.1 Å². The molecule has 0 fully saturated rings. The lowest BCUT2D eigenvalue weighted by Crippen LogP contribution is -2.48. The molecule has 1 aromatic rings. The first-order valence-corrected chi connectivity index (χ1v) is 10.4. The topological polar surface area (TPSA) is 92.5 Å². The van der Waals surface area contributed by atoms with Crippen molar-refractivity contribution in [2.75, 3.05) is 19.6 Å². The summed E-state index contributed by atoms with van der Waals surface area (Å²) in [4.78, 5) is 12.9. The number of thiophene rings is 1. The molecule has 0 aliphatic heterocycles. The zero-order chi connectivity index (χ0) is 18.5. The van der Waals surface area contributed by atoms with E-state index in [1.807, 2.05) is 34.6 Å². The lowest BCUT2D eigenvalue weighted by Gasteiger charge is -2.25. The third-order valence-electron chi connectivity index (χ3n) is 3.82. The summed E-state index contributed by atoms with van der Waals surface area (Å²) in [5.41, 5.74) is 5.61. The van der Waals surface area contributed by atoms with Crippen molar-refractivity contribution in [2.45, 2.75) is 51.3 Å². The van der Waals surface area contributed by atoms with Gasteiger partial charge in [0.1, 0.15) is 4.21 Å². The molecule has 0 bridgehead atoms. The Hall–Kier alpha value is -0.670. The van der Waals surface area contributed by atoms with Crippen molar-refractivity contribution in [3.63, 3.8) is 0 Å². The van der Waals surface area contributed by atoms with E-state index in [1.54, 1.807) is 12.1 Å². The minimum Gasteiger partial charge on any atom is -0.354 e. The third-order valence-corrected chi connectivity index (χ3v) is 7.48. The molecule has 3 N–H and O–H groups in total. The van der Waals surface area contributed by atoms with Crippen LogP contribution in [0, 0.1) is 5.41 Å². The third kappa shape index (κ3) is 6.53. The van der Waals surface area contributed by atoms with Crippen molar-refractivity contribution < 1.29 is 13.2 Å². The maximum atomic E-state index is 12.4. The van der Waals surface area contributed by atoms with Crippen LogP contribution in [0.25, 0.3) is 0 Å². The van der Waals surface area contributed by atoms with Gasteiger partial charge in [-0.25, -0.2) is 8.42 Å². The van der Waals surface area contributed by atoms with Crippen LogP contribution in [0.5, 0.6) is 0 Å². The first-order chi connectivity index (χ1) is 11.0. The molecule has 0 radical (unpaired) electrons. The van der Waals surface area contributed by atoms with Crippen LogP contribution >= 0.6 is 23.7 Å². The smallest absolute Gasteiger partial charge is 0.252 e. The van der Waals surface area contributed by atoms with Gasteiger partial charge in [0.25, 0.3) is 10.0 Å². The van der Waals surface area contributed by atoms with Crippen LogP contribution < -0.4 is 11.1 Å². The van der Waals surface area contributed by atoms with E-state index in [9.17, 15) is 13.2 Å². The Bertz CT molecular complexity index is 650. The molecule has 0 unspecified atom stereocenters. The molecule has 1 rings (SSSR count). The van der Waals surface area contributed by atoms with Gasteiger partial charge in [-0.2, -0.15) is 4.31 Å². The Morgan fingerprint density at radius 1 is 1.28 bits per heavy atom. The number of carbonyl (C=O) groups excluding carboxylic acids is 1. The van der Waals surface area contributed by atoms with Gasteiger partial charge >= 0.3 is 0 Å². The van der Waals surface area contributed by atoms with Gasteiger partial charge in [-0.1, -0.05) is 34.6 Å². The molecule has 0 aliphatic carbocycles. The predicted octanol–water partition coefficient (Wildman–Crippen LogP) is 2.23. The minimum absolute atomic E-state index is 0. The summed E-state index contributed by atoms with van der Waals surface area (Å²) >= 11 is 1.25. The van der Waals surface area contributed by atoms with Crippen molar-refractivity contribution in [1.29, 1.82) is 0 Å². The number of sulfonamides is 1. The van der Waals surface area contributed by atoms with Crippen LogP contribution in [-0.4, -0.2) is 44.3 Å². The maximum absolute atomic E-state index is 12.4. The number of nitrogens with one attached hydrogen (secondary N) is 1. The fourth-order valence-corrected chi connectivity index (χ4v) is 5.10. The Labute approximate surface area is 161 Å². The SMILES string of the molecule is CCN(CC)S(=O)(=O)c1ccc(CCNC(=O)[C@@H](N)C(C)(C)C)s1.Cl. The normalized spacial score (nSPS) is 13.4. The molecule has 0 aromatic carbocycles. The monoisotopic (exact) mass is 411 g/mol. The van der Waals surface area contributed by atoms with Crippen LogP contribution in [-0.2, 0) is 21.2 Å². The second kappa shape index (κ2) is 9.87. The van der Waals surface area contributed by atoms with E-state index in [4.69, 9.17) is 5.73 Å². The summed E-state index contributed by atoms with van der Waals surface area (Å²) in [7, 11) is -3.41. The molecule has 0 spiro atoms. The molecular formula is C16H30ClN3O3S2. The second-order valence-corrected chi connectivity index (χ2v) is 10.0. The number of hydrogen-bond donors (Lipinski definition) is 2. The van der Waals surface area contributed by atoms with Gasteiger partial charge in [-0.15, -0.1) is 23.7 Å². The molecule has 1 amide bonds. The standard InChI is InChI=1S/C16H29N3O3S2.ClH/c1-6-19(7-2)24(21,22)13-9-8-12(23-13)10-11-18-15(20)14(17)16(3,4)5;/h8-9,14H,6-7,10-11,17H2,1-5H3,(H,18,20);1H/t14-;/m1./s1. The quantitative estimate of drug-likeness (QED) is 0.686. The molecule has 1 heterocycles. The average molecular weight is 412 g/mol. The first-order valence-electron chi connectivity index (χ1n) is 8.16. The number of amides is 1. The second-order valence-electron chi connectivity index (χ2n) is 6.69. The number of nitrogens with zero attached hydrogens (tertiary/aromatic N) is 1. The highest BCUT2D eigenvalue weighted by Crippen LogP contribution is 2.25. The van der Waals surface area contributed by atoms with Gasteiger partial charge in [-0.3, -0.25) is 4.79 Å². The Kier molecular flexibility index (Phi) is 9.61. The number of hydrogen-bond acceptors (Lipinski definition) is 5. The van der Waals surface area contributed by atoms with E-state index in [0.29, 0.717) is 30.3 Å². The van der Waals surface area contributed by atoms with Crippen molar-refractivity contribution in [2.24, 2.45) is 11.1 Å². The summed E-state index contributed by atoms with van der Waals surface area (Å²) in [6.07, 6.45) is 0.584. The zero-order valence-electron chi connectivity index (χ0n) is 15.5. The van der Waals surface area contributed by atoms with Crippen molar-refractivity contribution in [3.05, 3.63) is 17.0 Å². The Balaban J connectivity index is 0.00000576. The summed E-state index contributed by atoms with van der Waals surface area (Å²) in [5.74, 6) is -0.185. The van der Waals surface area contributed by atoms with Crippen LogP contribution in [0.4, 0.5) is 0 Å². The van der Waals surface area contributed by atoms with E-state index in [0.717, 1.165) is 4.88 Å². The van der Waals surface area contributed by atoms with Crippen molar-refractivity contribution in [3.8, 4) is 0 Å². The highest BCUT2D eigenvalue weighted by atomic mass is 35.5. The van der Waals surface area contributed by atoms with Crippen molar-refractivity contribution >= 4 is 39.7 Å². The number of nitrogens with two attached hydrogens (primary N) is 1. The van der Waals surface area contributed by atoms with Gasteiger partial charge in [0, 0.05) is 24.5 Å². The zero-order valence-corrected chi connectivity index (χ0v) is 18.0. The number of rotatable bonds is 8. The molecule has 1 aromatic heterocycles. The van der Waals surface area contributed by atoms with Crippen molar-refractivity contribution in [1.82, 2.24) is 9.62 Å². The van der Waals surface area contributed by atoms with Gasteiger partial charge in [0.15, 0.2) is 0 Å². The van der Waals surface area contributed by atoms with Crippen LogP contribution in [0.1, 0.15) is 39.5 Å². The lowest BCUT2D eigenvalue weighted by molar-refractivity contribution is -0.124. The molecule has 9 heteroatoms. The molecule has 146 valence electrons. The average Bonchev–Trinajstić information content (AvgIpc) is 2.96. The highest BCUT2D eigenvalue weighted by molar-refractivity contribution is 7.91. The van der Waals surface area contributed by atoms with E-state index in [1.165, 1.54) is 15.6 Å². The van der Waals surface area contributed by atoms with Gasteiger partial charge < -0.3 is 11.1 Å². The Morgan fingerprint density at radius 3 is 2.32 bits per heavy atom. The van der Waals surface area contributed by atoms with Crippen LogP contribution in [0.3, 0.4) is 0 Å². The fourth-order valence-electron chi connectivity index (χ4n) is 2.13. The fraction of sp³-hybridized carbons (Fsp3) is 0.688. The largest absolute Gasteiger partial charge is 0.354 e. The number of halogens is 1. The summed E-state index contributed by atoms with van der Waals surface area (Å²) in [6.45, 7) is 10.7. The lowest BCUT2D eigenvalue weighted by atomic mass is 9.87. The Morgan fingerprint density at radius 2 is 1.84 bits per heavy atom. The summed E-state index contributed by atoms with van der Waals surface area (Å²) in [5, 5.41) is 2.81. The molecule has 25 heavy (non-hydrogen) atoms. The minimum atomic E-state index is -3.41. The highest BCUT2D eigenvalue weighted by Gasteiger charge is 2.27. The molecule has 0 aliphatic rings. The summed E-state index contributed by atoms with van der Waals surface area (Å²) < 4.78 is 26.7. The first kappa shape index (κ1) is 24.3. The molecule has 0 saturated carbocycles. The van der Waals surface area contributed by atoms with E-state index >= 15 is 0 Å². The van der Waals surface area contributed by atoms with Crippen LogP contribution in [0.15, 0.2) is 16.3 Å². The maximum Gasteiger partial charge on any atom is 0.252 e. The molecule has 6 nitrogen and oxygen atoms in total. The van der Waals surface area contributed by atoms with E-state index in [-0.39, 0.29) is 23.7 Å². The number of carbonyl (C=O) groups is 1. The molecule has 1 atom stereocenters. The summed E-state index contributed by atoms with van der Waals surface area (Å²) in [6, 6.07) is 2.87. The van der Waals surface area contributed by atoms with E-state index in [2.05, 4.69) is 5.32 Å². The van der Waals surface area contributed by atoms with Gasteiger partial charge in [0.2, 0.25) is 5.91 Å². The van der Waals surface area contributed by atoms with Crippen LogP contribution in [0.2, 0.25) is 0 Å². The molecular weight excluding hydrogens is 382 g/mol. The molecule has 0 saturated heterocycles.